The molecule has 6 heteroatoms. The summed E-state index contributed by atoms with van der Waals surface area (Å²) in [5, 5.41) is 0. The van der Waals surface area contributed by atoms with Gasteiger partial charge in [0.2, 0.25) is 0 Å². The third-order valence-corrected chi connectivity index (χ3v) is 4.29. The molecule has 0 aliphatic carbocycles. The van der Waals surface area contributed by atoms with E-state index in [-0.39, 0.29) is 18.3 Å². The summed E-state index contributed by atoms with van der Waals surface area (Å²) < 4.78 is 11.1. The molecule has 0 aromatic heterocycles. The van der Waals surface area contributed by atoms with Gasteiger partial charge in [-0.15, -0.1) is 12.4 Å². The van der Waals surface area contributed by atoms with Crippen LogP contribution in [0.5, 0.6) is 11.5 Å². The molecular weight excluding hydrogens is 352 g/mol. The van der Waals surface area contributed by atoms with Gasteiger partial charge in [0.1, 0.15) is 11.5 Å². The fourth-order valence-electron chi connectivity index (χ4n) is 2.90. The summed E-state index contributed by atoms with van der Waals surface area (Å²) in [7, 11) is 2.06. The predicted molar refractivity (Wildman–Crippen MR) is 106 cm³/mol. The normalized spacial score (nSPS) is 12.7. The molecule has 3 rings (SSSR count). The molecule has 0 atom stereocenters. The number of hydrogen-bond acceptors (Lipinski definition) is 4. The summed E-state index contributed by atoms with van der Waals surface area (Å²) in [6.07, 6.45) is 0.876. The molecule has 0 fully saturated rings. The molecule has 0 bridgehead atoms. The summed E-state index contributed by atoms with van der Waals surface area (Å²) in [5.74, 6) is 1.61. The number of nitrogens with zero attached hydrogens (tertiary/aromatic N) is 2. The Bertz CT molecular complexity index is 721. The van der Waals surface area contributed by atoms with Gasteiger partial charge in [-0.05, 0) is 49.7 Å². The quantitative estimate of drug-likeness (QED) is 0.736. The van der Waals surface area contributed by atoms with Crippen LogP contribution in [-0.2, 0) is 0 Å². The van der Waals surface area contributed by atoms with Gasteiger partial charge in [0, 0.05) is 25.8 Å². The Morgan fingerprint density at radius 3 is 2.62 bits per heavy atom. The third-order valence-electron chi connectivity index (χ3n) is 4.29. The summed E-state index contributed by atoms with van der Waals surface area (Å²) in [6.45, 7) is 4.50. The van der Waals surface area contributed by atoms with Crippen LogP contribution in [0.1, 0.15) is 23.7 Å². The number of hydrogen-bond donors (Lipinski definition) is 0. The molecule has 0 N–H and O–H groups in total. The molecular formula is C20H25ClN2O3. The number of ether oxygens (including phenoxy) is 2. The Hall–Kier alpha value is -2.40. The van der Waals surface area contributed by atoms with Crippen LogP contribution in [0, 0.1) is 0 Å². The zero-order valence-electron chi connectivity index (χ0n) is 15.2. The van der Waals surface area contributed by atoms with Crippen LogP contribution in [0.2, 0.25) is 0 Å². The maximum Gasteiger partial charge on any atom is 0.260 e. The van der Waals surface area contributed by atoms with Gasteiger partial charge in [-0.2, -0.15) is 0 Å². The van der Waals surface area contributed by atoms with E-state index in [0.29, 0.717) is 31.2 Å². The minimum absolute atomic E-state index is 0. The number of fused-ring (bicyclic) bond motifs is 1. The highest BCUT2D eigenvalue weighted by molar-refractivity contribution is 5.97. The van der Waals surface area contributed by atoms with Crippen molar-refractivity contribution >= 4 is 24.0 Å². The minimum Gasteiger partial charge on any atom is -0.494 e. The van der Waals surface area contributed by atoms with Crippen molar-refractivity contribution in [3.05, 3.63) is 54.1 Å². The van der Waals surface area contributed by atoms with Gasteiger partial charge in [0.05, 0.1) is 12.2 Å². The molecule has 1 aliphatic heterocycles. The van der Waals surface area contributed by atoms with E-state index >= 15 is 0 Å². The Morgan fingerprint density at radius 2 is 1.88 bits per heavy atom. The first-order chi connectivity index (χ1) is 12.2. The maximum absolute atomic E-state index is 12.5. The van der Waals surface area contributed by atoms with Crippen molar-refractivity contribution < 1.29 is 14.3 Å². The summed E-state index contributed by atoms with van der Waals surface area (Å²) in [6, 6.07) is 15.5. The Kier molecular flexibility index (Phi) is 7.16. The monoisotopic (exact) mass is 376 g/mol. The largest absolute Gasteiger partial charge is 0.494 e. The summed E-state index contributed by atoms with van der Waals surface area (Å²) in [5.41, 5.74) is 1.78. The second-order valence-corrected chi connectivity index (χ2v) is 6.04. The van der Waals surface area contributed by atoms with Gasteiger partial charge in [-0.1, -0.05) is 12.1 Å². The molecule has 0 spiro atoms. The van der Waals surface area contributed by atoms with Gasteiger partial charge in [-0.25, -0.2) is 0 Å². The Labute approximate surface area is 160 Å². The number of rotatable bonds is 7. The number of halogens is 1. The van der Waals surface area contributed by atoms with Crippen LogP contribution in [0.3, 0.4) is 0 Å². The molecule has 5 nitrogen and oxygen atoms in total. The van der Waals surface area contributed by atoms with Crippen LogP contribution < -0.4 is 14.4 Å². The SMILES string of the molecule is CCOc1ccc(N(C)CCCN2COc3ccccc3C2=O)cc1.Cl. The fraction of sp³-hybridized carbons (Fsp3) is 0.350. The molecule has 2 aromatic carbocycles. The van der Waals surface area contributed by atoms with Gasteiger partial charge in [0.25, 0.3) is 5.91 Å². The van der Waals surface area contributed by atoms with E-state index in [1.54, 1.807) is 4.90 Å². The van der Waals surface area contributed by atoms with Crippen LogP contribution in [0.4, 0.5) is 5.69 Å². The minimum atomic E-state index is 0. The molecule has 26 heavy (non-hydrogen) atoms. The summed E-state index contributed by atoms with van der Waals surface area (Å²) in [4.78, 5) is 16.4. The topological polar surface area (TPSA) is 42.0 Å². The average molecular weight is 377 g/mol. The Balaban J connectivity index is 0.00000243. The fourth-order valence-corrected chi connectivity index (χ4v) is 2.90. The second kappa shape index (κ2) is 9.34. The van der Waals surface area contributed by atoms with Gasteiger partial charge < -0.3 is 19.3 Å². The van der Waals surface area contributed by atoms with Crippen molar-refractivity contribution in [2.24, 2.45) is 0 Å². The molecule has 1 heterocycles. The van der Waals surface area contributed by atoms with Gasteiger partial charge >= 0.3 is 0 Å². The number of para-hydroxylation sites is 1. The van der Waals surface area contributed by atoms with Crippen molar-refractivity contribution in [2.75, 3.05) is 38.4 Å². The van der Waals surface area contributed by atoms with E-state index in [1.807, 2.05) is 43.3 Å². The van der Waals surface area contributed by atoms with E-state index in [0.717, 1.165) is 24.4 Å². The van der Waals surface area contributed by atoms with Gasteiger partial charge in [-0.3, -0.25) is 4.79 Å². The van der Waals surface area contributed by atoms with Crippen molar-refractivity contribution in [1.29, 1.82) is 0 Å². The van der Waals surface area contributed by atoms with Crippen LogP contribution in [0.15, 0.2) is 48.5 Å². The smallest absolute Gasteiger partial charge is 0.260 e. The lowest BCUT2D eigenvalue weighted by atomic mass is 10.1. The van der Waals surface area contributed by atoms with E-state index in [2.05, 4.69) is 24.1 Å². The van der Waals surface area contributed by atoms with Crippen LogP contribution >= 0.6 is 12.4 Å². The Morgan fingerprint density at radius 1 is 1.15 bits per heavy atom. The van der Waals surface area contributed by atoms with E-state index < -0.39 is 0 Å². The molecule has 1 aliphatic rings. The number of amides is 1. The maximum atomic E-state index is 12.5. The lowest BCUT2D eigenvalue weighted by Crippen LogP contribution is -2.40. The molecule has 0 unspecified atom stereocenters. The number of anilines is 1. The molecule has 0 saturated carbocycles. The lowest BCUT2D eigenvalue weighted by Gasteiger charge is -2.29. The first kappa shape index (κ1) is 19.9. The van der Waals surface area contributed by atoms with E-state index in [1.165, 1.54) is 0 Å². The van der Waals surface area contributed by atoms with Gasteiger partial charge in [0.15, 0.2) is 6.73 Å². The van der Waals surface area contributed by atoms with E-state index in [9.17, 15) is 4.79 Å². The highest BCUT2D eigenvalue weighted by atomic mass is 35.5. The van der Waals surface area contributed by atoms with E-state index in [4.69, 9.17) is 9.47 Å². The first-order valence-corrected chi connectivity index (χ1v) is 8.64. The first-order valence-electron chi connectivity index (χ1n) is 8.64. The zero-order valence-corrected chi connectivity index (χ0v) is 16.0. The van der Waals surface area contributed by atoms with Crippen LogP contribution in [-0.4, -0.2) is 44.3 Å². The zero-order chi connectivity index (χ0) is 17.6. The molecule has 0 radical (unpaired) electrons. The second-order valence-electron chi connectivity index (χ2n) is 6.04. The number of benzene rings is 2. The average Bonchev–Trinajstić information content (AvgIpc) is 2.64. The molecule has 1 amide bonds. The molecule has 0 saturated heterocycles. The molecule has 2 aromatic rings. The van der Waals surface area contributed by atoms with Crippen LogP contribution in [0.25, 0.3) is 0 Å². The highest BCUT2D eigenvalue weighted by Crippen LogP contribution is 2.24. The van der Waals surface area contributed by atoms with Crippen molar-refractivity contribution in [3.8, 4) is 11.5 Å². The summed E-state index contributed by atoms with van der Waals surface area (Å²) >= 11 is 0. The van der Waals surface area contributed by atoms with Crippen molar-refractivity contribution in [2.45, 2.75) is 13.3 Å². The number of carbonyl (C=O) groups is 1. The van der Waals surface area contributed by atoms with Crippen molar-refractivity contribution in [1.82, 2.24) is 4.90 Å². The standard InChI is InChI=1S/C20H24N2O3.ClH/c1-3-24-17-11-9-16(10-12-17)21(2)13-6-14-22-15-25-19-8-5-4-7-18(19)20(22)23;/h4-5,7-12H,3,6,13-15H2,1-2H3;1H. The predicted octanol–water partition coefficient (Wildman–Crippen LogP) is 3.83. The van der Waals surface area contributed by atoms with Crippen molar-refractivity contribution in [3.63, 3.8) is 0 Å². The molecule has 140 valence electrons. The highest BCUT2D eigenvalue weighted by Gasteiger charge is 2.24. The lowest BCUT2D eigenvalue weighted by molar-refractivity contribution is 0.0520. The third kappa shape index (κ3) is 4.61. The number of carbonyl (C=O) groups excluding carboxylic acids is 1.